The Morgan fingerprint density at radius 2 is 2.08 bits per heavy atom. The minimum Gasteiger partial charge on any atom is -0.481 e. The third-order valence-electron chi connectivity index (χ3n) is 3.39. The number of rotatable bonds is 3. The molecule has 0 amide bonds. The lowest BCUT2D eigenvalue weighted by molar-refractivity contribution is -0.140. The Hall–Kier alpha value is -0.570. The monoisotopic (exact) mass is 184 g/mol. The van der Waals surface area contributed by atoms with Crippen molar-refractivity contribution in [1.82, 2.24) is 0 Å². The molecule has 2 rings (SSSR count). The van der Waals surface area contributed by atoms with Crippen LogP contribution in [-0.4, -0.2) is 23.3 Å². The van der Waals surface area contributed by atoms with Crippen LogP contribution in [0.1, 0.15) is 33.1 Å². The van der Waals surface area contributed by atoms with Crippen LogP contribution >= 0.6 is 0 Å². The van der Waals surface area contributed by atoms with E-state index in [0.717, 1.165) is 12.8 Å². The van der Waals surface area contributed by atoms with E-state index >= 15 is 0 Å². The number of hydrogen-bond acceptors (Lipinski definition) is 2. The highest BCUT2D eigenvalue weighted by molar-refractivity contribution is 5.76. The summed E-state index contributed by atoms with van der Waals surface area (Å²) in [5, 5.41) is 8.88. The lowest BCUT2D eigenvalue weighted by Gasteiger charge is -2.26. The zero-order valence-corrected chi connectivity index (χ0v) is 8.12. The van der Waals surface area contributed by atoms with Crippen LogP contribution in [0, 0.1) is 11.3 Å². The Kier molecular flexibility index (Phi) is 1.88. The van der Waals surface area contributed by atoms with Gasteiger partial charge in [-0.15, -0.1) is 0 Å². The summed E-state index contributed by atoms with van der Waals surface area (Å²) in [6.45, 7) is 3.93. The molecule has 13 heavy (non-hydrogen) atoms. The predicted octanol–water partition coefficient (Wildman–Crippen LogP) is 1.66. The summed E-state index contributed by atoms with van der Waals surface area (Å²) in [4.78, 5) is 10.8. The largest absolute Gasteiger partial charge is 0.481 e. The summed E-state index contributed by atoms with van der Waals surface area (Å²) in [6.07, 6.45) is 3.75. The second-order valence-corrected chi connectivity index (χ2v) is 4.75. The molecular weight excluding hydrogens is 168 g/mol. The second kappa shape index (κ2) is 2.71. The van der Waals surface area contributed by atoms with Gasteiger partial charge in [0.2, 0.25) is 0 Å². The molecule has 0 aromatic heterocycles. The highest BCUT2D eigenvalue weighted by atomic mass is 16.5. The molecule has 2 atom stereocenters. The van der Waals surface area contributed by atoms with E-state index in [0.29, 0.717) is 6.10 Å². The Bertz CT molecular complexity index is 230. The minimum absolute atomic E-state index is 0.0460. The van der Waals surface area contributed by atoms with Gasteiger partial charge in [-0.1, -0.05) is 13.8 Å². The van der Waals surface area contributed by atoms with E-state index in [2.05, 4.69) is 0 Å². The highest BCUT2D eigenvalue weighted by Crippen LogP contribution is 2.55. The van der Waals surface area contributed by atoms with Gasteiger partial charge in [-0.05, 0) is 19.3 Å². The highest BCUT2D eigenvalue weighted by Gasteiger charge is 2.64. The van der Waals surface area contributed by atoms with Crippen LogP contribution in [0.2, 0.25) is 0 Å². The minimum atomic E-state index is -0.714. The Balaban J connectivity index is 1.90. The second-order valence-electron chi connectivity index (χ2n) is 4.75. The Morgan fingerprint density at radius 3 is 2.38 bits per heavy atom. The third kappa shape index (κ3) is 1.35. The number of aliphatic carboxylic acids is 1. The van der Waals surface area contributed by atoms with Crippen LogP contribution < -0.4 is 0 Å². The molecule has 2 saturated carbocycles. The number of carbonyl (C=O) groups is 1. The van der Waals surface area contributed by atoms with E-state index in [4.69, 9.17) is 9.84 Å². The van der Waals surface area contributed by atoms with Crippen molar-refractivity contribution in [3.05, 3.63) is 0 Å². The molecule has 1 N–H and O–H groups in total. The van der Waals surface area contributed by atoms with Gasteiger partial charge in [0.15, 0.2) is 0 Å². The molecule has 3 heteroatoms. The van der Waals surface area contributed by atoms with Gasteiger partial charge in [0, 0.05) is 5.41 Å². The van der Waals surface area contributed by atoms with Gasteiger partial charge in [-0.25, -0.2) is 0 Å². The molecule has 2 aliphatic carbocycles. The molecule has 0 aromatic carbocycles. The van der Waals surface area contributed by atoms with Crippen LogP contribution in [0.5, 0.6) is 0 Å². The van der Waals surface area contributed by atoms with Gasteiger partial charge >= 0.3 is 5.97 Å². The fourth-order valence-electron chi connectivity index (χ4n) is 2.01. The van der Waals surface area contributed by atoms with Crippen molar-refractivity contribution in [3.63, 3.8) is 0 Å². The molecule has 0 saturated heterocycles. The number of ether oxygens (including phenoxy) is 1. The molecule has 0 bridgehead atoms. The van der Waals surface area contributed by atoms with Crippen LogP contribution in [-0.2, 0) is 9.53 Å². The molecule has 0 radical (unpaired) electrons. The van der Waals surface area contributed by atoms with Gasteiger partial charge in [0.25, 0.3) is 0 Å². The average Bonchev–Trinajstić information content (AvgIpc) is 2.44. The first-order chi connectivity index (χ1) is 6.03. The summed E-state index contributed by atoms with van der Waals surface area (Å²) >= 11 is 0. The Morgan fingerprint density at radius 1 is 1.46 bits per heavy atom. The maximum Gasteiger partial charge on any atom is 0.309 e. The first-order valence-electron chi connectivity index (χ1n) is 4.91. The summed E-state index contributed by atoms with van der Waals surface area (Å²) in [5.74, 6) is -0.998. The van der Waals surface area contributed by atoms with E-state index in [1.165, 1.54) is 6.42 Å². The first kappa shape index (κ1) is 9.00. The van der Waals surface area contributed by atoms with E-state index in [9.17, 15) is 4.79 Å². The van der Waals surface area contributed by atoms with Crippen LogP contribution in [0.25, 0.3) is 0 Å². The van der Waals surface area contributed by atoms with Crippen molar-refractivity contribution in [2.24, 2.45) is 11.3 Å². The average molecular weight is 184 g/mol. The van der Waals surface area contributed by atoms with E-state index in [1.54, 1.807) is 0 Å². The summed E-state index contributed by atoms with van der Waals surface area (Å²) < 4.78 is 5.71. The number of carboxylic acid groups (broad SMARTS) is 1. The standard InChI is InChI=1S/C10H16O3/c1-10(2)7(9(11)12)8(10)13-6-4-3-5-6/h6-8H,3-5H2,1-2H3,(H,11,12). The maximum absolute atomic E-state index is 10.8. The first-order valence-corrected chi connectivity index (χ1v) is 4.91. The number of hydrogen-bond donors (Lipinski definition) is 1. The molecule has 3 nitrogen and oxygen atoms in total. The Labute approximate surface area is 78.1 Å². The molecule has 0 spiro atoms. The van der Waals surface area contributed by atoms with Crippen LogP contribution in [0.15, 0.2) is 0 Å². The smallest absolute Gasteiger partial charge is 0.309 e. The van der Waals surface area contributed by atoms with Gasteiger partial charge in [-0.3, -0.25) is 4.79 Å². The molecule has 0 heterocycles. The summed E-state index contributed by atoms with van der Waals surface area (Å²) in [7, 11) is 0. The fraction of sp³-hybridized carbons (Fsp3) is 0.900. The zero-order valence-electron chi connectivity index (χ0n) is 8.12. The third-order valence-corrected chi connectivity index (χ3v) is 3.39. The summed E-state index contributed by atoms with van der Waals surface area (Å²) in [5.41, 5.74) is -0.151. The van der Waals surface area contributed by atoms with Crippen LogP contribution in [0.3, 0.4) is 0 Å². The van der Waals surface area contributed by atoms with Crippen LogP contribution in [0.4, 0.5) is 0 Å². The van der Waals surface area contributed by atoms with E-state index < -0.39 is 5.97 Å². The van der Waals surface area contributed by atoms with Gasteiger partial charge in [-0.2, -0.15) is 0 Å². The van der Waals surface area contributed by atoms with Gasteiger partial charge in [0.1, 0.15) is 0 Å². The molecule has 74 valence electrons. The van der Waals surface area contributed by atoms with Crippen molar-refractivity contribution < 1.29 is 14.6 Å². The van der Waals surface area contributed by atoms with E-state index in [-0.39, 0.29) is 17.4 Å². The molecule has 2 unspecified atom stereocenters. The maximum atomic E-state index is 10.8. The van der Waals surface area contributed by atoms with Gasteiger partial charge < -0.3 is 9.84 Å². The lowest BCUT2D eigenvalue weighted by Crippen LogP contribution is -2.24. The molecule has 2 aliphatic rings. The van der Waals surface area contributed by atoms with Crippen molar-refractivity contribution >= 4 is 5.97 Å². The van der Waals surface area contributed by atoms with Crippen molar-refractivity contribution in [2.75, 3.05) is 0 Å². The number of carboxylic acids is 1. The zero-order chi connectivity index (χ0) is 9.64. The molecule has 0 aromatic rings. The van der Waals surface area contributed by atoms with Crippen molar-refractivity contribution in [3.8, 4) is 0 Å². The normalized spacial score (nSPS) is 36.8. The van der Waals surface area contributed by atoms with Crippen molar-refractivity contribution in [1.29, 1.82) is 0 Å². The SMILES string of the molecule is CC1(C)C(OC2CCC2)C1C(=O)O. The molecular formula is C10H16O3. The summed E-state index contributed by atoms with van der Waals surface area (Å²) in [6, 6.07) is 0. The fourth-order valence-corrected chi connectivity index (χ4v) is 2.01. The lowest BCUT2D eigenvalue weighted by atomic mass is 9.96. The quantitative estimate of drug-likeness (QED) is 0.725. The van der Waals surface area contributed by atoms with E-state index in [1.807, 2.05) is 13.8 Å². The van der Waals surface area contributed by atoms with Gasteiger partial charge in [0.05, 0.1) is 18.1 Å². The molecule has 0 aliphatic heterocycles. The topological polar surface area (TPSA) is 46.5 Å². The predicted molar refractivity (Wildman–Crippen MR) is 47.4 cm³/mol. The molecule has 2 fully saturated rings. The van der Waals surface area contributed by atoms with Crippen molar-refractivity contribution in [2.45, 2.75) is 45.3 Å².